The molecular weight excluding hydrogens is 235 g/mol. The molecule has 0 aromatic carbocycles. The molecule has 0 atom stereocenters. The normalized spacial score (nSPS) is 26.5. The van der Waals surface area contributed by atoms with Crippen LogP contribution in [-0.4, -0.2) is 17.4 Å². The highest BCUT2D eigenvalue weighted by Crippen LogP contribution is 2.63. The lowest BCUT2D eigenvalue weighted by molar-refractivity contribution is 0.00578. The van der Waals surface area contributed by atoms with Crippen molar-refractivity contribution in [3.8, 4) is 0 Å². The lowest BCUT2D eigenvalue weighted by Gasteiger charge is -2.29. The van der Waals surface area contributed by atoms with Crippen LogP contribution in [0, 0.1) is 5.41 Å². The predicted molar refractivity (Wildman–Crippen MR) is 71.4 cm³/mol. The molecule has 100 valence electrons. The highest BCUT2D eigenvalue weighted by Gasteiger charge is 2.54. The van der Waals surface area contributed by atoms with E-state index < -0.39 is 18.8 Å². The van der Waals surface area contributed by atoms with Gasteiger partial charge >= 0.3 is 7.60 Å². The van der Waals surface area contributed by atoms with Crippen LogP contribution >= 0.6 is 7.60 Å². The second-order valence-electron chi connectivity index (χ2n) is 6.77. The van der Waals surface area contributed by atoms with Crippen LogP contribution < -0.4 is 0 Å². The minimum atomic E-state index is -2.99. The quantitative estimate of drug-likeness (QED) is 0.545. The first-order chi connectivity index (χ1) is 7.37. The third-order valence-corrected chi connectivity index (χ3v) is 5.26. The van der Waals surface area contributed by atoms with E-state index in [1.807, 2.05) is 39.8 Å². The Hall–Kier alpha value is -0.110. The molecule has 0 unspecified atom stereocenters. The molecule has 4 heteroatoms. The number of hydrogen-bond acceptors (Lipinski definition) is 3. The second-order valence-corrected chi connectivity index (χ2v) is 8.72. The van der Waals surface area contributed by atoms with Gasteiger partial charge in [-0.25, -0.2) is 0 Å². The fraction of sp³-hybridized carbons (Fsp3) is 0.846. The van der Waals surface area contributed by atoms with Gasteiger partial charge in [-0.05, 0) is 33.1 Å². The van der Waals surface area contributed by atoms with Gasteiger partial charge in [0.05, 0.1) is 6.16 Å². The smallest absolute Gasteiger partial charge is 0.299 e. The summed E-state index contributed by atoms with van der Waals surface area (Å²) in [5.74, 6) is 0. The van der Waals surface area contributed by atoms with Crippen molar-refractivity contribution in [3.63, 3.8) is 0 Å². The Labute approximate surface area is 105 Å². The van der Waals surface area contributed by atoms with Crippen LogP contribution in [0.1, 0.15) is 48.5 Å². The average Bonchev–Trinajstić information content (AvgIpc) is 2.11. The van der Waals surface area contributed by atoms with Crippen LogP contribution in [0.5, 0.6) is 0 Å². The summed E-state index contributed by atoms with van der Waals surface area (Å²) < 4.78 is 23.7. The molecule has 1 aliphatic rings. The van der Waals surface area contributed by atoms with Crippen molar-refractivity contribution >= 4 is 7.60 Å². The van der Waals surface area contributed by atoms with Gasteiger partial charge in [-0.15, -0.1) is 0 Å². The molecule has 0 aliphatic carbocycles. The standard InChI is InChI=1S/C13H25O3P/c1-11(2,3)9-8-10-17(14)15-12(4,5)13(6,7)16-17/h8-9H,10H2,1-7H3/b9-8+. The molecule has 0 bridgehead atoms. The molecular formula is C13H25O3P. The molecule has 3 nitrogen and oxygen atoms in total. The molecule has 1 heterocycles. The molecule has 1 saturated heterocycles. The fourth-order valence-corrected chi connectivity index (χ4v) is 3.92. The molecule has 1 rings (SSSR count). The molecule has 0 spiro atoms. The zero-order valence-corrected chi connectivity index (χ0v) is 12.9. The van der Waals surface area contributed by atoms with E-state index in [1.54, 1.807) is 0 Å². The molecule has 1 aliphatic heterocycles. The average molecular weight is 260 g/mol. The van der Waals surface area contributed by atoms with Crippen molar-refractivity contribution in [1.29, 1.82) is 0 Å². The summed E-state index contributed by atoms with van der Waals surface area (Å²) in [4.78, 5) is 0. The van der Waals surface area contributed by atoms with E-state index in [0.29, 0.717) is 6.16 Å². The summed E-state index contributed by atoms with van der Waals surface area (Å²) in [5.41, 5.74) is -0.944. The zero-order chi connectivity index (χ0) is 13.5. The monoisotopic (exact) mass is 260 g/mol. The molecule has 0 N–H and O–H groups in total. The van der Waals surface area contributed by atoms with Gasteiger partial charge in [-0.3, -0.25) is 13.6 Å². The lowest BCUT2D eigenvalue weighted by atomic mass is 9.90. The Kier molecular flexibility index (Phi) is 3.71. The molecule has 17 heavy (non-hydrogen) atoms. The highest BCUT2D eigenvalue weighted by molar-refractivity contribution is 7.54. The first-order valence-corrected chi connectivity index (χ1v) is 7.78. The molecule has 0 amide bonds. The summed E-state index contributed by atoms with van der Waals surface area (Å²) in [5, 5.41) is 0. The van der Waals surface area contributed by atoms with E-state index in [-0.39, 0.29) is 5.41 Å². The van der Waals surface area contributed by atoms with E-state index in [1.165, 1.54) is 0 Å². The van der Waals surface area contributed by atoms with Crippen molar-refractivity contribution in [3.05, 3.63) is 12.2 Å². The molecule has 0 radical (unpaired) electrons. The van der Waals surface area contributed by atoms with Gasteiger partial charge in [0.2, 0.25) is 0 Å². The molecule has 1 fully saturated rings. The Morgan fingerprint density at radius 1 is 1.06 bits per heavy atom. The van der Waals surface area contributed by atoms with E-state index >= 15 is 0 Å². The minimum absolute atomic E-state index is 0.0872. The van der Waals surface area contributed by atoms with Gasteiger partial charge < -0.3 is 0 Å². The third kappa shape index (κ3) is 3.67. The lowest BCUT2D eigenvalue weighted by Crippen LogP contribution is -2.41. The maximum absolute atomic E-state index is 12.4. The number of rotatable bonds is 2. The van der Waals surface area contributed by atoms with E-state index in [4.69, 9.17) is 9.05 Å². The van der Waals surface area contributed by atoms with Crippen molar-refractivity contribution in [1.82, 2.24) is 0 Å². The summed E-state index contributed by atoms with van der Waals surface area (Å²) in [6, 6.07) is 0. The van der Waals surface area contributed by atoms with E-state index in [0.717, 1.165) is 0 Å². The van der Waals surface area contributed by atoms with Crippen LogP contribution in [-0.2, 0) is 13.6 Å². The van der Waals surface area contributed by atoms with Crippen molar-refractivity contribution in [2.24, 2.45) is 5.41 Å². The SMILES string of the molecule is CC(C)(C)/C=C/CP1(=O)OC(C)(C)C(C)(C)O1. The van der Waals surface area contributed by atoms with Crippen LogP contribution in [0.4, 0.5) is 0 Å². The largest absolute Gasteiger partial charge is 0.335 e. The predicted octanol–water partition coefficient (Wildman–Crippen LogP) is 4.39. The van der Waals surface area contributed by atoms with Crippen LogP contribution in [0.2, 0.25) is 0 Å². The van der Waals surface area contributed by atoms with Crippen molar-refractivity contribution < 1.29 is 13.6 Å². The highest BCUT2D eigenvalue weighted by atomic mass is 31.2. The second kappa shape index (κ2) is 4.22. The first kappa shape index (κ1) is 14.9. The van der Waals surface area contributed by atoms with Gasteiger partial charge in [0, 0.05) is 0 Å². The van der Waals surface area contributed by atoms with Gasteiger partial charge in [-0.2, -0.15) is 0 Å². The van der Waals surface area contributed by atoms with Crippen molar-refractivity contribution in [2.45, 2.75) is 59.7 Å². The maximum Gasteiger partial charge on any atom is 0.335 e. The van der Waals surface area contributed by atoms with E-state index in [2.05, 4.69) is 20.8 Å². The molecule has 0 saturated carbocycles. The Balaban J connectivity index is 2.75. The number of hydrogen-bond donors (Lipinski definition) is 0. The summed E-state index contributed by atoms with van der Waals surface area (Å²) >= 11 is 0. The molecule has 0 aromatic heterocycles. The van der Waals surface area contributed by atoms with Crippen LogP contribution in [0.25, 0.3) is 0 Å². The number of allylic oxidation sites excluding steroid dienone is 2. The van der Waals surface area contributed by atoms with Crippen molar-refractivity contribution in [2.75, 3.05) is 6.16 Å². The van der Waals surface area contributed by atoms with E-state index in [9.17, 15) is 4.57 Å². The van der Waals surface area contributed by atoms with Gasteiger partial charge in [0.1, 0.15) is 11.2 Å². The Bertz CT molecular complexity index is 341. The minimum Gasteiger partial charge on any atom is -0.299 e. The third-order valence-electron chi connectivity index (χ3n) is 3.13. The zero-order valence-electron chi connectivity index (χ0n) is 12.0. The van der Waals surface area contributed by atoms with Gasteiger partial charge in [0.15, 0.2) is 0 Å². The topological polar surface area (TPSA) is 35.5 Å². The summed E-state index contributed by atoms with van der Waals surface area (Å²) in [6.07, 6.45) is 4.28. The Morgan fingerprint density at radius 2 is 1.47 bits per heavy atom. The Morgan fingerprint density at radius 3 is 1.82 bits per heavy atom. The maximum atomic E-state index is 12.4. The van der Waals surface area contributed by atoms with Crippen LogP contribution in [0.15, 0.2) is 12.2 Å². The first-order valence-electron chi connectivity index (χ1n) is 6.05. The summed E-state index contributed by atoms with van der Waals surface area (Å²) in [6.45, 7) is 14.0. The molecule has 0 aromatic rings. The summed E-state index contributed by atoms with van der Waals surface area (Å²) in [7, 11) is -2.99. The van der Waals surface area contributed by atoms with Gasteiger partial charge in [0.25, 0.3) is 0 Å². The fourth-order valence-electron chi connectivity index (χ4n) is 1.54. The van der Waals surface area contributed by atoms with Gasteiger partial charge in [-0.1, -0.05) is 32.9 Å². The van der Waals surface area contributed by atoms with Crippen LogP contribution in [0.3, 0.4) is 0 Å².